The lowest BCUT2D eigenvalue weighted by Gasteiger charge is -2.13. The van der Waals surface area contributed by atoms with Gasteiger partial charge in [0.25, 0.3) is 0 Å². The van der Waals surface area contributed by atoms with E-state index >= 15 is 0 Å². The smallest absolute Gasteiger partial charge is 0.155 e. The third-order valence-corrected chi connectivity index (χ3v) is 5.40. The lowest BCUT2D eigenvalue weighted by molar-refractivity contribution is 0.723. The highest BCUT2D eigenvalue weighted by Gasteiger charge is 2.18. The Morgan fingerprint density at radius 1 is 0.885 bits per heavy atom. The largest absolute Gasteiger partial charge is 0.261 e. The van der Waals surface area contributed by atoms with Gasteiger partial charge in [0.05, 0.1) is 11.9 Å². The molecule has 0 radical (unpaired) electrons. The van der Waals surface area contributed by atoms with Crippen LogP contribution < -0.4 is 0 Å². The molecule has 0 bridgehead atoms. The zero-order valence-corrected chi connectivity index (χ0v) is 14.5. The molecule has 0 aliphatic heterocycles. The summed E-state index contributed by atoms with van der Waals surface area (Å²) in [6.07, 6.45) is 10.9. The molecule has 0 saturated heterocycles. The minimum absolute atomic E-state index is 0.700. The van der Waals surface area contributed by atoms with Crippen molar-refractivity contribution in [2.75, 3.05) is 0 Å². The molecule has 3 heterocycles. The van der Waals surface area contributed by atoms with Crippen molar-refractivity contribution >= 4 is 11.0 Å². The first-order chi connectivity index (χ1) is 12.9. The predicted molar refractivity (Wildman–Crippen MR) is 104 cm³/mol. The van der Waals surface area contributed by atoms with Crippen molar-refractivity contribution in [3.63, 3.8) is 0 Å². The summed E-state index contributed by atoms with van der Waals surface area (Å²) in [4.78, 5) is 9.20. The van der Waals surface area contributed by atoms with E-state index in [1.807, 2.05) is 24.7 Å². The average Bonchev–Trinajstić information content (AvgIpc) is 3.39. The Kier molecular flexibility index (Phi) is 3.74. The maximum atomic E-state index is 4.71. The van der Waals surface area contributed by atoms with Crippen LogP contribution in [0.3, 0.4) is 0 Å². The van der Waals surface area contributed by atoms with Crippen molar-refractivity contribution in [3.05, 3.63) is 66.6 Å². The highest BCUT2D eigenvalue weighted by atomic mass is 15.1. The number of hydrogen-bond acceptors (Lipinski definition) is 3. The van der Waals surface area contributed by atoms with Crippen molar-refractivity contribution < 1.29 is 0 Å². The van der Waals surface area contributed by atoms with Crippen molar-refractivity contribution in [2.24, 2.45) is 0 Å². The number of aromatic amines is 1. The molecule has 0 amide bonds. The summed E-state index contributed by atoms with van der Waals surface area (Å²) in [6.45, 7) is 0. The Morgan fingerprint density at radius 2 is 1.81 bits per heavy atom. The Hall–Kier alpha value is -3.01. The molecule has 1 fully saturated rings. The number of pyridine rings is 2. The molecule has 1 N–H and O–H groups in total. The molecule has 0 spiro atoms. The van der Waals surface area contributed by atoms with Gasteiger partial charge in [-0.3, -0.25) is 10.1 Å². The van der Waals surface area contributed by atoms with E-state index in [4.69, 9.17) is 4.98 Å². The van der Waals surface area contributed by atoms with Gasteiger partial charge in [-0.1, -0.05) is 37.1 Å². The number of fused-ring (bicyclic) bond motifs is 1. The molecule has 4 heteroatoms. The van der Waals surface area contributed by atoms with Crippen LogP contribution in [0.1, 0.15) is 37.2 Å². The van der Waals surface area contributed by atoms with Crippen LogP contribution in [0.25, 0.3) is 33.4 Å². The normalized spacial score (nSPS) is 14.9. The Labute approximate surface area is 152 Å². The molecule has 128 valence electrons. The van der Waals surface area contributed by atoms with E-state index in [2.05, 4.69) is 51.6 Å². The average molecular weight is 340 g/mol. The number of rotatable bonds is 3. The van der Waals surface area contributed by atoms with Crippen LogP contribution in [0.5, 0.6) is 0 Å². The van der Waals surface area contributed by atoms with Crippen LogP contribution in [0.15, 0.2) is 61.1 Å². The van der Waals surface area contributed by atoms with Gasteiger partial charge in [-0.05, 0) is 42.5 Å². The fraction of sp³-hybridized carbons (Fsp3) is 0.227. The number of benzene rings is 1. The topological polar surface area (TPSA) is 54.5 Å². The summed E-state index contributed by atoms with van der Waals surface area (Å²) in [6, 6.07) is 15.1. The minimum Gasteiger partial charge on any atom is -0.261 e. The number of aromatic nitrogens is 4. The van der Waals surface area contributed by atoms with E-state index < -0.39 is 0 Å². The van der Waals surface area contributed by atoms with Crippen LogP contribution >= 0.6 is 0 Å². The lowest BCUT2D eigenvalue weighted by Crippen LogP contribution is -1.94. The van der Waals surface area contributed by atoms with Crippen molar-refractivity contribution in [1.82, 2.24) is 20.2 Å². The molecule has 1 aliphatic carbocycles. The monoisotopic (exact) mass is 340 g/mol. The predicted octanol–water partition coefficient (Wildman–Crippen LogP) is 5.34. The summed E-state index contributed by atoms with van der Waals surface area (Å²) in [5.41, 5.74) is 6.61. The van der Waals surface area contributed by atoms with E-state index in [-0.39, 0.29) is 0 Å². The second kappa shape index (κ2) is 6.37. The van der Waals surface area contributed by atoms with E-state index in [0.29, 0.717) is 5.92 Å². The van der Waals surface area contributed by atoms with Gasteiger partial charge in [0.1, 0.15) is 0 Å². The molecule has 5 rings (SSSR count). The van der Waals surface area contributed by atoms with E-state index in [1.165, 1.54) is 36.8 Å². The van der Waals surface area contributed by atoms with Gasteiger partial charge in [-0.25, -0.2) is 4.98 Å². The fourth-order valence-electron chi connectivity index (χ4n) is 4.05. The summed E-state index contributed by atoms with van der Waals surface area (Å²) >= 11 is 0. The molecule has 1 aliphatic rings. The minimum atomic E-state index is 0.700. The van der Waals surface area contributed by atoms with Crippen molar-refractivity contribution in [3.8, 4) is 22.4 Å². The van der Waals surface area contributed by atoms with E-state index in [9.17, 15) is 0 Å². The van der Waals surface area contributed by atoms with Crippen LogP contribution in [-0.2, 0) is 0 Å². The molecule has 1 saturated carbocycles. The molecule has 1 aromatic carbocycles. The second-order valence-electron chi connectivity index (χ2n) is 7.04. The summed E-state index contributed by atoms with van der Waals surface area (Å²) in [5.74, 6) is 0.700. The number of nitrogens with one attached hydrogen (secondary N) is 1. The molecule has 26 heavy (non-hydrogen) atoms. The van der Waals surface area contributed by atoms with E-state index in [1.54, 1.807) is 0 Å². The highest BCUT2D eigenvalue weighted by molar-refractivity contribution is 5.86. The van der Waals surface area contributed by atoms with Crippen LogP contribution in [0.4, 0.5) is 0 Å². The Morgan fingerprint density at radius 3 is 2.73 bits per heavy atom. The standard InChI is InChI=1S/C22H20N4/c1-2-6-15(5-1)16-7-3-8-17(11-16)21-20(9-4-10-23-21)18-12-19-14-25-26-22(19)24-13-18/h3-4,7-15H,1-2,5-6H2,(H,24,25,26). The second-order valence-corrected chi connectivity index (χ2v) is 7.04. The number of H-pyrrole nitrogens is 1. The van der Waals surface area contributed by atoms with Gasteiger partial charge in [0.15, 0.2) is 5.65 Å². The molecule has 0 unspecified atom stereocenters. The molecule has 4 aromatic rings. The first-order valence-electron chi connectivity index (χ1n) is 9.23. The zero-order valence-electron chi connectivity index (χ0n) is 14.5. The number of hydrogen-bond donors (Lipinski definition) is 1. The van der Waals surface area contributed by atoms with Gasteiger partial charge < -0.3 is 0 Å². The lowest BCUT2D eigenvalue weighted by atomic mass is 9.93. The van der Waals surface area contributed by atoms with Gasteiger partial charge in [-0.2, -0.15) is 5.10 Å². The fourth-order valence-corrected chi connectivity index (χ4v) is 4.05. The third-order valence-electron chi connectivity index (χ3n) is 5.40. The van der Waals surface area contributed by atoms with E-state index in [0.717, 1.165) is 27.9 Å². The number of nitrogens with zero attached hydrogens (tertiary/aromatic N) is 3. The van der Waals surface area contributed by atoms with Crippen molar-refractivity contribution in [1.29, 1.82) is 0 Å². The summed E-state index contributed by atoms with van der Waals surface area (Å²) < 4.78 is 0. The Balaban J connectivity index is 1.61. The molecule has 4 nitrogen and oxygen atoms in total. The summed E-state index contributed by atoms with van der Waals surface area (Å²) in [7, 11) is 0. The van der Waals surface area contributed by atoms with Crippen molar-refractivity contribution in [2.45, 2.75) is 31.6 Å². The van der Waals surface area contributed by atoms with Gasteiger partial charge in [-0.15, -0.1) is 0 Å². The molecular formula is C22H20N4. The third kappa shape index (κ3) is 2.68. The van der Waals surface area contributed by atoms with Crippen LogP contribution in [0.2, 0.25) is 0 Å². The SMILES string of the molecule is c1cc(-c2ncccc2-c2cnc3[nH]ncc3c2)cc(C2CCCC2)c1. The maximum Gasteiger partial charge on any atom is 0.155 e. The molecule has 3 aromatic heterocycles. The highest BCUT2D eigenvalue weighted by Crippen LogP contribution is 2.37. The molecule has 0 atom stereocenters. The van der Waals surface area contributed by atoms with Gasteiger partial charge in [0.2, 0.25) is 0 Å². The quantitative estimate of drug-likeness (QED) is 0.547. The van der Waals surface area contributed by atoms with Crippen LogP contribution in [0, 0.1) is 0 Å². The van der Waals surface area contributed by atoms with Gasteiger partial charge in [0, 0.05) is 34.5 Å². The first-order valence-corrected chi connectivity index (χ1v) is 9.23. The Bertz CT molecular complexity index is 1060. The first kappa shape index (κ1) is 15.3. The van der Waals surface area contributed by atoms with Gasteiger partial charge >= 0.3 is 0 Å². The van der Waals surface area contributed by atoms with Crippen LogP contribution in [-0.4, -0.2) is 20.2 Å². The summed E-state index contributed by atoms with van der Waals surface area (Å²) in [5, 5.41) is 7.99. The maximum absolute atomic E-state index is 4.71. The molecular weight excluding hydrogens is 320 g/mol. The zero-order chi connectivity index (χ0) is 17.3.